The van der Waals surface area contributed by atoms with Gasteiger partial charge in [0.05, 0.1) is 24.3 Å². The van der Waals surface area contributed by atoms with Gasteiger partial charge in [0.2, 0.25) is 0 Å². The highest BCUT2D eigenvalue weighted by Crippen LogP contribution is 2.31. The van der Waals surface area contributed by atoms with E-state index in [0.717, 1.165) is 6.07 Å². The molecule has 0 bridgehead atoms. The van der Waals surface area contributed by atoms with E-state index in [2.05, 4.69) is 4.98 Å². The van der Waals surface area contributed by atoms with Gasteiger partial charge in [0.15, 0.2) is 0 Å². The number of ether oxygens (including phenoxy) is 1. The number of carbonyl (C=O) groups excluding carboxylic acids is 1. The molecule has 104 valence electrons. The number of pyridine rings is 1. The summed E-state index contributed by atoms with van der Waals surface area (Å²) in [7, 11) is 0. The fourth-order valence-corrected chi connectivity index (χ4v) is 1.87. The van der Waals surface area contributed by atoms with Crippen molar-refractivity contribution in [1.29, 1.82) is 0 Å². The molecule has 2 rings (SSSR count). The lowest BCUT2D eigenvalue weighted by molar-refractivity contribution is -0.137. The summed E-state index contributed by atoms with van der Waals surface area (Å²) in [5, 5.41) is -0.232. The molecule has 1 fully saturated rings. The van der Waals surface area contributed by atoms with Crippen LogP contribution in [0.4, 0.5) is 13.2 Å². The Hall–Kier alpha value is -1.34. The van der Waals surface area contributed by atoms with E-state index in [1.807, 2.05) is 0 Å². The lowest BCUT2D eigenvalue weighted by Gasteiger charge is -2.27. The molecule has 1 aromatic heterocycles. The number of halogens is 4. The van der Waals surface area contributed by atoms with Crippen LogP contribution in [0.1, 0.15) is 15.9 Å². The van der Waals surface area contributed by atoms with Gasteiger partial charge in [-0.2, -0.15) is 13.2 Å². The Balaban J connectivity index is 2.30. The predicted molar refractivity (Wildman–Crippen MR) is 61.0 cm³/mol. The van der Waals surface area contributed by atoms with Crippen molar-refractivity contribution in [3.05, 3.63) is 28.5 Å². The van der Waals surface area contributed by atoms with Crippen LogP contribution in [0, 0.1) is 0 Å². The summed E-state index contributed by atoms with van der Waals surface area (Å²) in [5.74, 6) is -0.563. The standard InChI is InChI=1S/C11H10ClF3N2O2/c12-9-8(5-7(6-16-9)11(13,14)15)10(18)17-1-3-19-4-2-17/h5-6H,1-4H2. The average Bonchev–Trinajstić information content (AvgIpc) is 2.38. The number of morpholine rings is 1. The molecular weight excluding hydrogens is 285 g/mol. The topological polar surface area (TPSA) is 42.4 Å². The van der Waals surface area contributed by atoms with Crippen LogP contribution < -0.4 is 0 Å². The van der Waals surface area contributed by atoms with Gasteiger partial charge >= 0.3 is 6.18 Å². The summed E-state index contributed by atoms with van der Waals surface area (Å²) in [6, 6.07) is 0.729. The smallest absolute Gasteiger partial charge is 0.378 e. The second-order valence-electron chi connectivity index (χ2n) is 3.96. The molecule has 0 aromatic carbocycles. The minimum atomic E-state index is -4.56. The molecule has 0 unspecified atom stereocenters. The summed E-state index contributed by atoms with van der Waals surface area (Å²) in [5.41, 5.74) is -1.23. The van der Waals surface area contributed by atoms with E-state index in [1.165, 1.54) is 4.90 Å². The lowest BCUT2D eigenvalue weighted by Crippen LogP contribution is -2.41. The van der Waals surface area contributed by atoms with Crippen LogP contribution in [0.2, 0.25) is 5.15 Å². The zero-order chi connectivity index (χ0) is 14.0. The number of hydrogen-bond acceptors (Lipinski definition) is 3. The summed E-state index contributed by atoms with van der Waals surface area (Å²) in [6.07, 6.45) is -3.95. The molecule has 19 heavy (non-hydrogen) atoms. The Morgan fingerprint density at radius 3 is 2.58 bits per heavy atom. The number of alkyl halides is 3. The molecule has 4 nitrogen and oxygen atoms in total. The van der Waals surface area contributed by atoms with Gasteiger partial charge < -0.3 is 9.64 Å². The van der Waals surface area contributed by atoms with Gasteiger partial charge in [-0.05, 0) is 6.07 Å². The first-order valence-electron chi connectivity index (χ1n) is 5.49. The van der Waals surface area contributed by atoms with E-state index >= 15 is 0 Å². The molecule has 1 aliphatic heterocycles. The molecule has 1 aliphatic rings. The quantitative estimate of drug-likeness (QED) is 0.746. The Morgan fingerprint density at radius 1 is 1.37 bits per heavy atom. The van der Waals surface area contributed by atoms with E-state index < -0.39 is 17.6 Å². The summed E-state index contributed by atoms with van der Waals surface area (Å²) >= 11 is 5.70. The first-order valence-corrected chi connectivity index (χ1v) is 5.87. The van der Waals surface area contributed by atoms with Crippen molar-refractivity contribution in [2.75, 3.05) is 26.3 Å². The summed E-state index contributed by atoms with van der Waals surface area (Å²) in [6.45, 7) is 1.36. The first-order chi connectivity index (χ1) is 8.89. The zero-order valence-electron chi connectivity index (χ0n) is 9.71. The summed E-state index contributed by atoms with van der Waals surface area (Å²) in [4.78, 5) is 16.9. The van der Waals surface area contributed by atoms with Crippen molar-refractivity contribution >= 4 is 17.5 Å². The largest absolute Gasteiger partial charge is 0.417 e. The number of nitrogens with zero attached hydrogens (tertiary/aromatic N) is 2. The Bertz CT molecular complexity index is 487. The predicted octanol–water partition coefficient (Wildman–Crippen LogP) is 2.23. The molecule has 1 amide bonds. The molecule has 0 N–H and O–H groups in total. The van der Waals surface area contributed by atoms with E-state index in [0.29, 0.717) is 32.5 Å². The van der Waals surface area contributed by atoms with Crippen LogP contribution in [0.3, 0.4) is 0 Å². The van der Waals surface area contributed by atoms with Crippen molar-refractivity contribution in [3.63, 3.8) is 0 Å². The third kappa shape index (κ3) is 3.16. The van der Waals surface area contributed by atoms with Gasteiger partial charge in [-0.1, -0.05) is 11.6 Å². The molecule has 0 atom stereocenters. The second-order valence-corrected chi connectivity index (χ2v) is 4.32. The molecule has 0 saturated carbocycles. The Labute approximate surface area is 112 Å². The van der Waals surface area contributed by atoms with Gasteiger partial charge in [-0.15, -0.1) is 0 Å². The molecule has 0 radical (unpaired) electrons. The highest BCUT2D eigenvalue weighted by atomic mass is 35.5. The molecule has 1 saturated heterocycles. The van der Waals surface area contributed by atoms with Crippen molar-refractivity contribution in [2.24, 2.45) is 0 Å². The van der Waals surface area contributed by atoms with Crippen molar-refractivity contribution in [1.82, 2.24) is 9.88 Å². The van der Waals surface area contributed by atoms with Crippen molar-refractivity contribution < 1.29 is 22.7 Å². The van der Waals surface area contributed by atoms with Crippen LogP contribution in [0.25, 0.3) is 0 Å². The molecule has 0 aliphatic carbocycles. The number of carbonyl (C=O) groups is 1. The van der Waals surface area contributed by atoms with Gasteiger partial charge in [0, 0.05) is 19.3 Å². The van der Waals surface area contributed by atoms with Crippen LogP contribution in [0.15, 0.2) is 12.3 Å². The molecule has 2 heterocycles. The van der Waals surface area contributed by atoms with E-state index in [9.17, 15) is 18.0 Å². The maximum absolute atomic E-state index is 12.6. The number of hydrogen-bond donors (Lipinski definition) is 0. The maximum Gasteiger partial charge on any atom is 0.417 e. The minimum Gasteiger partial charge on any atom is -0.378 e. The fourth-order valence-electron chi connectivity index (χ4n) is 1.69. The Morgan fingerprint density at radius 2 is 2.00 bits per heavy atom. The maximum atomic E-state index is 12.6. The molecule has 0 spiro atoms. The second kappa shape index (κ2) is 5.34. The van der Waals surface area contributed by atoms with Gasteiger partial charge in [0.25, 0.3) is 5.91 Å². The number of aromatic nitrogens is 1. The third-order valence-electron chi connectivity index (χ3n) is 2.70. The average molecular weight is 295 g/mol. The zero-order valence-corrected chi connectivity index (χ0v) is 10.5. The van der Waals surface area contributed by atoms with Crippen LogP contribution in [-0.2, 0) is 10.9 Å². The van der Waals surface area contributed by atoms with Crippen LogP contribution in [-0.4, -0.2) is 42.1 Å². The van der Waals surface area contributed by atoms with E-state index in [4.69, 9.17) is 16.3 Å². The lowest BCUT2D eigenvalue weighted by atomic mass is 10.1. The molecule has 8 heteroatoms. The first kappa shape index (κ1) is 14.1. The number of amides is 1. The highest BCUT2D eigenvalue weighted by Gasteiger charge is 2.33. The highest BCUT2D eigenvalue weighted by molar-refractivity contribution is 6.32. The number of rotatable bonds is 1. The van der Waals surface area contributed by atoms with Crippen molar-refractivity contribution in [3.8, 4) is 0 Å². The van der Waals surface area contributed by atoms with Gasteiger partial charge in [-0.3, -0.25) is 4.79 Å². The van der Waals surface area contributed by atoms with E-state index in [1.54, 1.807) is 0 Å². The minimum absolute atomic E-state index is 0.232. The third-order valence-corrected chi connectivity index (χ3v) is 3.00. The Kier molecular flexibility index (Phi) is 3.96. The summed E-state index contributed by atoms with van der Waals surface area (Å²) < 4.78 is 42.8. The molecular formula is C11H10ClF3N2O2. The van der Waals surface area contributed by atoms with Crippen LogP contribution in [0.5, 0.6) is 0 Å². The normalized spacial score (nSPS) is 16.5. The van der Waals surface area contributed by atoms with E-state index in [-0.39, 0.29) is 10.7 Å². The molecule has 1 aromatic rings. The SMILES string of the molecule is O=C(c1cc(C(F)(F)F)cnc1Cl)N1CCOCC1. The van der Waals surface area contributed by atoms with Crippen LogP contribution >= 0.6 is 11.6 Å². The monoisotopic (exact) mass is 294 g/mol. The fraction of sp³-hybridized carbons (Fsp3) is 0.455. The van der Waals surface area contributed by atoms with Gasteiger partial charge in [-0.25, -0.2) is 4.98 Å². The van der Waals surface area contributed by atoms with Crippen molar-refractivity contribution in [2.45, 2.75) is 6.18 Å². The van der Waals surface area contributed by atoms with Gasteiger partial charge in [0.1, 0.15) is 5.15 Å².